The molecule has 3 unspecified atom stereocenters. The van der Waals surface area contributed by atoms with Crippen LogP contribution in [-0.4, -0.2) is 17.2 Å². The van der Waals surface area contributed by atoms with Gasteiger partial charge in [0, 0.05) is 12.3 Å². The van der Waals surface area contributed by atoms with E-state index in [4.69, 9.17) is 4.74 Å². The molecular formula is C20H24I2O3. The van der Waals surface area contributed by atoms with Gasteiger partial charge < -0.3 is 9.84 Å². The monoisotopic (exact) mass is 566 g/mol. The summed E-state index contributed by atoms with van der Waals surface area (Å²) in [6.07, 6.45) is 6.84. The number of benzene rings is 1. The van der Waals surface area contributed by atoms with E-state index in [1.807, 2.05) is 0 Å². The number of carbonyl (C=O) groups excluding carboxylic acids is 1. The maximum absolute atomic E-state index is 11.5. The second-order valence-corrected chi connectivity index (χ2v) is 10.5. The van der Waals surface area contributed by atoms with E-state index in [-0.39, 0.29) is 17.5 Å². The van der Waals surface area contributed by atoms with E-state index in [1.165, 1.54) is 37.3 Å². The van der Waals surface area contributed by atoms with Crippen LogP contribution in [-0.2, 0) is 16.0 Å². The van der Waals surface area contributed by atoms with E-state index >= 15 is 0 Å². The van der Waals surface area contributed by atoms with Crippen molar-refractivity contribution in [1.29, 1.82) is 0 Å². The SMILES string of the molecule is CC(=O)O[C@H]1CCC2C3CCc4c(cc(I)c(O)c4I)C3CC[C@@]21C. The summed E-state index contributed by atoms with van der Waals surface area (Å²) in [4.78, 5) is 11.5. The van der Waals surface area contributed by atoms with Gasteiger partial charge in [-0.2, -0.15) is 0 Å². The van der Waals surface area contributed by atoms with Crippen molar-refractivity contribution in [3.8, 4) is 5.75 Å². The molecule has 1 aromatic rings. The minimum atomic E-state index is -0.137. The third-order valence-electron chi connectivity index (χ3n) is 7.12. The molecular weight excluding hydrogens is 542 g/mol. The van der Waals surface area contributed by atoms with Gasteiger partial charge >= 0.3 is 5.97 Å². The number of aromatic hydroxyl groups is 1. The number of phenolic OH excluding ortho intramolecular Hbond substituents is 1. The van der Waals surface area contributed by atoms with Crippen molar-refractivity contribution in [2.24, 2.45) is 17.3 Å². The average Bonchev–Trinajstić information content (AvgIpc) is 2.89. The van der Waals surface area contributed by atoms with Crippen molar-refractivity contribution >= 4 is 51.2 Å². The Morgan fingerprint density at radius 1 is 1.28 bits per heavy atom. The van der Waals surface area contributed by atoms with Crippen LogP contribution in [0.1, 0.15) is 63.0 Å². The largest absolute Gasteiger partial charge is 0.506 e. The lowest BCUT2D eigenvalue weighted by Crippen LogP contribution is -2.45. The Morgan fingerprint density at radius 3 is 2.76 bits per heavy atom. The number of hydrogen-bond acceptors (Lipinski definition) is 3. The third kappa shape index (κ3) is 2.82. The molecule has 0 aliphatic heterocycles. The Kier molecular flexibility index (Phi) is 4.79. The molecule has 0 amide bonds. The van der Waals surface area contributed by atoms with E-state index in [0.29, 0.717) is 23.5 Å². The summed E-state index contributed by atoms with van der Waals surface area (Å²) in [5.41, 5.74) is 2.99. The fourth-order valence-electron chi connectivity index (χ4n) is 5.98. The van der Waals surface area contributed by atoms with Crippen LogP contribution in [0.2, 0.25) is 0 Å². The van der Waals surface area contributed by atoms with Crippen LogP contribution in [0.25, 0.3) is 0 Å². The Bertz CT molecular complexity index is 732. The van der Waals surface area contributed by atoms with E-state index in [9.17, 15) is 9.90 Å². The first kappa shape index (κ1) is 18.3. The van der Waals surface area contributed by atoms with Gasteiger partial charge in [0.1, 0.15) is 11.9 Å². The Morgan fingerprint density at radius 2 is 2.04 bits per heavy atom. The van der Waals surface area contributed by atoms with Gasteiger partial charge in [-0.25, -0.2) is 0 Å². The molecule has 0 saturated heterocycles. The zero-order valence-corrected chi connectivity index (χ0v) is 19.0. The van der Waals surface area contributed by atoms with Gasteiger partial charge in [0.2, 0.25) is 0 Å². The van der Waals surface area contributed by atoms with Gasteiger partial charge in [-0.3, -0.25) is 4.79 Å². The predicted molar refractivity (Wildman–Crippen MR) is 114 cm³/mol. The standard InChI is InChI=1S/C20H24I2O3/c1-10(23)25-17-6-5-15-12-3-4-13-14(9-16(21)19(24)18(13)22)11(12)7-8-20(15,17)2/h9,11-12,15,17,24H,3-8H2,1-2H3/t11?,12?,15?,17-,20-/m0/s1. The highest BCUT2D eigenvalue weighted by molar-refractivity contribution is 14.1. The summed E-state index contributed by atoms with van der Waals surface area (Å²) in [6.45, 7) is 3.89. The second kappa shape index (κ2) is 6.53. The number of rotatable bonds is 1. The maximum atomic E-state index is 11.5. The highest BCUT2D eigenvalue weighted by atomic mass is 127. The lowest BCUT2D eigenvalue weighted by molar-refractivity contribution is -0.154. The molecule has 0 radical (unpaired) electrons. The van der Waals surface area contributed by atoms with Crippen LogP contribution >= 0.6 is 45.2 Å². The quantitative estimate of drug-likeness (QED) is 0.367. The van der Waals surface area contributed by atoms with Crippen LogP contribution in [0, 0.1) is 24.4 Å². The predicted octanol–water partition coefficient (Wildman–Crippen LogP) is 5.39. The molecule has 3 nitrogen and oxygen atoms in total. The number of ether oxygens (including phenoxy) is 1. The summed E-state index contributed by atoms with van der Waals surface area (Å²) < 4.78 is 7.74. The second-order valence-electron chi connectivity index (χ2n) is 8.22. The summed E-state index contributed by atoms with van der Waals surface area (Å²) in [5.74, 6) is 2.24. The fourth-order valence-corrected chi connectivity index (χ4v) is 7.98. The first-order valence-electron chi connectivity index (χ1n) is 9.20. The summed E-state index contributed by atoms with van der Waals surface area (Å²) in [6, 6.07) is 2.23. The van der Waals surface area contributed by atoms with Gasteiger partial charge in [-0.1, -0.05) is 6.92 Å². The summed E-state index contributed by atoms with van der Waals surface area (Å²) in [5, 5.41) is 10.3. The average molecular weight is 566 g/mol. The number of phenols is 1. The smallest absolute Gasteiger partial charge is 0.302 e. The molecule has 5 heteroatoms. The first-order chi connectivity index (χ1) is 11.8. The molecule has 1 N–H and O–H groups in total. The molecule has 1 aromatic carbocycles. The number of hydrogen-bond donors (Lipinski definition) is 1. The van der Waals surface area contributed by atoms with Crippen LogP contribution in [0.4, 0.5) is 0 Å². The highest BCUT2D eigenvalue weighted by Crippen LogP contribution is 2.62. The van der Waals surface area contributed by atoms with Crippen LogP contribution < -0.4 is 0 Å². The Labute approximate surface area is 176 Å². The number of esters is 1. The normalized spacial score (nSPS) is 36.3. The van der Waals surface area contributed by atoms with Crippen molar-refractivity contribution in [3.63, 3.8) is 0 Å². The number of carbonyl (C=O) groups is 1. The molecule has 136 valence electrons. The van der Waals surface area contributed by atoms with Crippen molar-refractivity contribution in [1.82, 2.24) is 0 Å². The molecule has 2 saturated carbocycles. The lowest BCUT2D eigenvalue weighted by Gasteiger charge is -2.50. The molecule has 5 atom stereocenters. The molecule has 3 aliphatic carbocycles. The van der Waals surface area contributed by atoms with Gasteiger partial charge in [-0.05, 0) is 119 Å². The molecule has 0 bridgehead atoms. The zero-order valence-electron chi connectivity index (χ0n) is 14.6. The Balaban J connectivity index is 1.68. The van der Waals surface area contributed by atoms with Crippen molar-refractivity contribution in [2.75, 3.05) is 0 Å². The fraction of sp³-hybridized carbons (Fsp3) is 0.650. The summed E-state index contributed by atoms with van der Waals surface area (Å²) >= 11 is 4.57. The van der Waals surface area contributed by atoms with E-state index in [0.717, 1.165) is 26.4 Å². The topological polar surface area (TPSA) is 46.5 Å². The minimum Gasteiger partial charge on any atom is -0.506 e. The van der Waals surface area contributed by atoms with E-state index in [1.54, 1.807) is 0 Å². The summed E-state index contributed by atoms with van der Waals surface area (Å²) in [7, 11) is 0. The molecule has 0 heterocycles. The van der Waals surface area contributed by atoms with Crippen molar-refractivity contribution < 1.29 is 14.6 Å². The number of fused-ring (bicyclic) bond motifs is 5. The van der Waals surface area contributed by atoms with Crippen molar-refractivity contribution in [2.45, 2.75) is 64.4 Å². The molecule has 25 heavy (non-hydrogen) atoms. The van der Waals surface area contributed by atoms with Gasteiger partial charge in [-0.15, -0.1) is 0 Å². The minimum absolute atomic E-state index is 0.0948. The van der Waals surface area contributed by atoms with Crippen molar-refractivity contribution in [3.05, 3.63) is 24.3 Å². The molecule has 0 spiro atoms. The zero-order chi connectivity index (χ0) is 17.9. The molecule has 0 aromatic heterocycles. The van der Waals surface area contributed by atoms with Crippen LogP contribution in [0.5, 0.6) is 5.75 Å². The molecule has 2 fully saturated rings. The van der Waals surface area contributed by atoms with Crippen LogP contribution in [0.15, 0.2) is 6.07 Å². The highest BCUT2D eigenvalue weighted by Gasteiger charge is 2.56. The molecule has 3 aliphatic rings. The maximum Gasteiger partial charge on any atom is 0.302 e. The van der Waals surface area contributed by atoms with E-state index in [2.05, 4.69) is 58.2 Å². The Hall–Kier alpha value is -0.0500. The van der Waals surface area contributed by atoms with E-state index < -0.39 is 0 Å². The van der Waals surface area contributed by atoms with Gasteiger partial charge in [0.05, 0.1) is 7.14 Å². The first-order valence-corrected chi connectivity index (χ1v) is 11.4. The molecule has 4 rings (SSSR count). The lowest BCUT2D eigenvalue weighted by atomic mass is 9.55. The number of halogens is 2. The van der Waals surface area contributed by atoms with Gasteiger partial charge in [0.15, 0.2) is 0 Å². The van der Waals surface area contributed by atoms with Crippen LogP contribution in [0.3, 0.4) is 0 Å². The van der Waals surface area contributed by atoms with Gasteiger partial charge in [0.25, 0.3) is 0 Å². The third-order valence-corrected chi connectivity index (χ3v) is 9.10.